The zero-order valence-corrected chi connectivity index (χ0v) is 5.43. The van der Waals surface area contributed by atoms with E-state index >= 15 is 0 Å². The molecule has 0 aromatic heterocycles. The lowest BCUT2D eigenvalue weighted by molar-refractivity contribution is 0.815. The van der Waals surface area contributed by atoms with Gasteiger partial charge in [0.2, 0.25) is 0 Å². The third-order valence-corrected chi connectivity index (χ3v) is 0.972. The second kappa shape index (κ2) is 6.48. The highest BCUT2D eigenvalue weighted by atomic mass is 13.8. The zero-order valence-electron chi connectivity index (χ0n) is 5.43. The summed E-state index contributed by atoms with van der Waals surface area (Å²) in [6.07, 6.45) is 9.22. The van der Waals surface area contributed by atoms with E-state index < -0.39 is 0 Å². The molecule has 0 saturated heterocycles. The van der Waals surface area contributed by atoms with Crippen molar-refractivity contribution in [3.8, 4) is 0 Å². The van der Waals surface area contributed by atoms with Crippen LogP contribution in [0.4, 0.5) is 0 Å². The van der Waals surface area contributed by atoms with E-state index in [0.717, 1.165) is 6.42 Å². The molecule has 0 spiro atoms. The van der Waals surface area contributed by atoms with Gasteiger partial charge in [-0.05, 0) is 6.42 Å². The van der Waals surface area contributed by atoms with Crippen molar-refractivity contribution in [2.24, 2.45) is 0 Å². The van der Waals surface area contributed by atoms with Crippen LogP contribution in [0, 0.1) is 6.58 Å². The fourth-order valence-corrected chi connectivity index (χ4v) is 0.497. The highest BCUT2D eigenvalue weighted by Crippen LogP contribution is 1.93. The molecule has 0 aromatic rings. The summed E-state index contributed by atoms with van der Waals surface area (Å²) in [5, 5.41) is 0. The van der Waals surface area contributed by atoms with Gasteiger partial charge in [-0.15, -0.1) is 0 Å². The van der Waals surface area contributed by atoms with Gasteiger partial charge in [-0.3, -0.25) is 0 Å². The van der Waals surface area contributed by atoms with Crippen molar-refractivity contribution in [1.29, 1.82) is 0 Å². The second-order valence-electron chi connectivity index (χ2n) is 1.76. The van der Waals surface area contributed by atoms with Gasteiger partial charge in [-0.2, -0.15) is 0 Å². The van der Waals surface area contributed by atoms with Gasteiger partial charge in [-0.25, -0.2) is 0 Å². The van der Waals surface area contributed by atoms with Crippen molar-refractivity contribution in [2.45, 2.75) is 26.2 Å². The fraction of sp³-hybridized carbons (Fsp3) is 0.500. The topological polar surface area (TPSA) is 0 Å². The molecule has 0 heterocycles. The quantitative estimate of drug-likeness (QED) is 0.384. The van der Waals surface area contributed by atoms with Crippen LogP contribution < -0.4 is 0 Å². The highest BCUT2D eigenvalue weighted by Gasteiger charge is 1.73. The largest absolute Gasteiger partial charge is 0.0845 e. The van der Waals surface area contributed by atoms with Crippen LogP contribution in [0.15, 0.2) is 18.2 Å². The molecular formula is C8H13. The predicted octanol–water partition coefficient (Wildman–Crippen LogP) is 2.72. The van der Waals surface area contributed by atoms with E-state index in [4.69, 9.17) is 6.58 Å². The normalized spacial score (nSPS) is 10.1. The molecule has 1 radical (unpaired) electrons. The van der Waals surface area contributed by atoms with Gasteiger partial charge < -0.3 is 0 Å². The minimum atomic E-state index is 1.16. The molecule has 0 N–H and O–H groups in total. The van der Waals surface area contributed by atoms with Gasteiger partial charge in [0, 0.05) is 0 Å². The van der Waals surface area contributed by atoms with E-state index in [2.05, 4.69) is 13.0 Å². The third-order valence-electron chi connectivity index (χ3n) is 0.972. The molecule has 0 saturated carbocycles. The standard InChI is InChI=1S/C8H13/c1-3-5-7-8-6-4-2/h1,3,5,7H,4,6,8H2,2H3/b3-1?,7-5+. The van der Waals surface area contributed by atoms with Gasteiger partial charge in [0.15, 0.2) is 0 Å². The summed E-state index contributed by atoms with van der Waals surface area (Å²) in [6.45, 7) is 7.28. The van der Waals surface area contributed by atoms with Crippen LogP contribution in [0.25, 0.3) is 0 Å². The van der Waals surface area contributed by atoms with E-state index in [1.54, 1.807) is 6.08 Å². The molecule has 0 aliphatic carbocycles. The Hall–Kier alpha value is -0.520. The van der Waals surface area contributed by atoms with Gasteiger partial charge in [0.25, 0.3) is 0 Å². The molecule has 0 fully saturated rings. The molecule has 0 amide bonds. The Bertz CT molecular complexity index is 70.1. The third kappa shape index (κ3) is 5.48. The molecule has 8 heavy (non-hydrogen) atoms. The lowest BCUT2D eigenvalue weighted by Crippen LogP contribution is -1.64. The smallest absolute Gasteiger partial charge is 0.0348 e. The van der Waals surface area contributed by atoms with Gasteiger partial charge in [-0.1, -0.05) is 44.6 Å². The number of hydrogen-bond acceptors (Lipinski definition) is 0. The van der Waals surface area contributed by atoms with Gasteiger partial charge in [0.1, 0.15) is 0 Å². The van der Waals surface area contributed by atoms with Crippen molar-refractivity contribution in [3.05, 3.63) is 24.8 Å². The maximum Gasteiger partial charge on any atom is -0.0348 e. The van der Waals surface area contributed by atoms with E-state index in [9.17, 15) is 0 Å². The molecule has 0 bridgehead atoms. The molecule has 0 aliphatic rings. The fourth-order valence-electron chi connectivity index (χ4n) is 0.497. The SMILES string of the molecule is [CH]=C/C=C/CCCC. The summed E-state index contributed by atoms with van der Waals surface area (Å²) < 4.78 is 0. The first-order valence-corrected chi connectivity index (χ1v) is 3.12. The molecule has 0 rings (SSSR count). The summed E-state index contributed by atoms with van der Waals surface area (Å²) in [4.78, 5) is 0. The number of hydrogen-bond donors (Lipinski definition) is 0. The molecule has 0 nitrogen and oxygen atoms in total. The molecular weight excluding hydrogens is 96.1 g/mol. The van der Waals surface area contributed by atoms with Crippen molar-refractivity contribution in [1.82, 2.24) is 0 Å². The van der Waals surface area contributed by atoms with Crippen molar-refractivity contribution >= 4 is 0 Å². The zero-order chi connectivity index (χ0) is 6.24. The number of rotatable bonds is 4. The summed E-state index contributed by atoms with van der Waals surface area (Å²) in [7, 11) is 0. The Morgan fingerprint density at radius 2 is 2.25 bits per heavy atom. The monoisotopic (exact) mass is 109 g/mol. The molecule has 0 aliphatic heterocycles. The number of unbranched alkanes of at least 4 members (excludes halogenated alkanes) is 2. The van der Waals surface area contributed by atoms with Crippen LogP contribution in [0.3, 0.4) is 0 Å². The second-order valence-corrected chi connectivity index (χ2v) is 1.76. The molecule has 45 valence electrons. The van der Waals surface area contributed by atoms with Crippen LogP contribution in [0.2, 0.25) is 0 Å². The predicted molar refractivity (Wildman–Crippen MR) is 37.5 cm³/mol. The maximum absolute atomic E-state index is 5.10. The lowest BCUT2D eigenvalue weighted by atomic mass is 10.2. The Labute approximate surface area is 51.9 Å². The molecule has 0 aromatic carbocycles. The Morgan fingerprint density at radius 1 is 1.50 bits per heavy atom. The average Bonchev–Trinajstić information content (AvgIpc) is 1.81. The summed E-state index contributed by atoms with van der Waals surface area (Å²) in [5.41, 5.74) is 0. The highest BCUT2D eigenvalue weighted by molar-refractivity contribution is 4.95. The van der Waals surface area contributed by atoms with Gasteiger partial charge >= 0.3 is 0 Å². The summed E-state index contributed by atoms with van der Waals surface area (Å²) in [5.74, 6) is 0. The van der Waals surface area contributed by atoms with Crippen LogP contribution in [0.5, 0.6) is 0 Å². The lowest BCUT2D eigenvalue weighted by Gasteiger charge is -1.84. The first-order valence-electron chi connectivity index (χ1n) is 3.12. The van der Waals surface area contributed by atoms with E-state index in [0.29, 0.717) is 0 Å². The summed E-state index contributed by atoms with van der Waals surface area (Å²) in [6, 6.07) is 0. The van der Waals surface area contributed by atoms with Crippen LogP contribution >= 0.6 is 0 Å². The van der Waals surface area contributed by atoms with Crippen LogP contribution in [-0.4, -0.2) is 0 Å². The first-order chi connectivity index (χ1) is 3.91. The number of allylic oxidation sites excluding steroid dienone is 3. The van der Waals surface area contributed by atoms with Crippen molar-refractivity contribution < 1.29 is 0 Å². The van der Waals surface area contributed by atoms with Gasteiger partial charge in [0.05, 0.1) is 0 Å². The van der Waals surface area contributed by atoms with Crippen molar-refractivity contribution in [2.75, 3.05) is 0 Å². The maximum atomic E-state index is 5.10. The Kier molecular flexibility index (Phi) is 6.06. The molecule has 0 heteroatoms. The minimum absolute atomic E-state index is 1.16. The van der Waals surface area contributed by atoms with E-state index in [-0.39, 0.29) is 0 Å². The first kappa shape index (κ1) is 7.48. The van der Waals surface area contributed by atoms with Crippen LogP contribution in [0.1, 0.15) is 26.2 Å². The van der Waals surface area contributed by atoms with Crippen LogP contribution in [-0.2, 0) is 0 Å². The summed E-state index contributed by atoms with van der Waals surface area (Å²) >= 11 is 0. The molecule has 0 atom stereocenters. The Balaban J connectivity index is 2.91. The molecule has 0 unspecified atom stereocenters. The van der Waals surface area contributed by atoms with Crippen molar-refractivity contribution in [3.63, 3.8) is 0 Å². The Morgan fingerprint density at radius 3 is 2.75 bits per heavy atom. The van der Waals surface area contributed by atoms with E-state index in [1.165, 1.54) is 12.8 Å². The minimum Gasteiger partial charge on any atom is -0.0845 e. The average molecular weight is 109 g/mol. The van der Waals surface area contributed by atoms with E-state index in [1.807, 2.05) is 6.08 Å².